The van der Waals surface area contributed by atoms with Gasteiger partial charge in [-0.05, 0) is 62.2 Å². The van der Waals surface area contributed by atoms with Crippen LogP contribution in [0.5, 0.6) is 0 Å². The van der Waals surface area contributed by atoms with Crippen molar-refractivity contribution in [1.29, 1.82) is 0 Å². The molecule has 0 spiro atoms. The molecule has 12 heteroatoms. The lowest BCUT2D eigenvalue weighted by molar-refractivity contribution is -0.316. The number of aliphatic hydroxyl groups excluding tert-OH is 1. The molecule has 3 saturated carbocycles. The Balaban J connectivity index is 1.69. The fourth-order valence-electron chi connectivity index (χ4n) is 10.4. The smallest absolute Gasteiger partial charge is 0.339 e. The second-order valence-corrected chi connectivity index (χ2v) is 15.4. The van der Waals surface area contributed by atoms with E-state index in [1.54, 1.807) is 53.7 Å². The molecule has 1 aromatic rings. The second kappa shape index (κ2) is 11.0. The van der Waals surface area contributed by atoms with E-state index in [1.165, 1.54) is 19.6 Å². The molecule has 11 atom stereocenters. The summed E-state index contributed by atoms with van der Waals surface area (Å²) in [4.78, 5) is 53.6. The standard InChI is InChI=1S/C36H46O12/c1-9-18(4)29(40)48-31-33(6)16-35(42)34(7,21(33)14-22(37)44-8)20-10-12-32(5)24(23(20)27(36(31,35)43)47-28(39)17(2)3)25(38)30(41)46-26(32)19-11-13-45-15-19/h9,11,13,15,17,20-21,25-27,31,38,42-43H,10,12,14,16H2,1-8H3/b18-9+/t20-,21-,25+,26-,27-,31-,32+,33-,34+,35+,36+/m0/s1. The molecule has 0 radical (unpaired) electrons. The highest BCUT2D eigenvalue weighted by molar-refractivity contribution is 5.88. The molecule has 1 aromatic heterocycles. The predicted molar refractivity (Wildman–Crippen MR) is 166 cm³/mol. The highest BCUT2D eigenvalue weighted by Crippen LogP contribution is 2.81. The van der Waals surface area contributed by atoms with Crippen LogP contribution in [0.15, 0.2) is 45.8 Å². The van der Waals surface area contributed by atoms with E-state index in [2.05, 4.69) is 0 Å². The van der Waals surface area contributed by atoms with E-state index in [9.17, 15) is 34.5 Å². The highest BCUT2D eigenvalue weighted by Gasteiger charge is 2.90. The van der Waals surface area contributed by atoms with Gasteiger partial charge in [0, 0.05) is 33.8 Å². The number of rotatable bonds is 7. The summed E-state index contributed by atoms with van der Waals surface area (Å²) in [5.41, 5.74) is -6.80. The van der Waals surface area contributed by atoms with Gasteiger partial charge >= 0.3 is 23.9 Å². The van der Waals surface area contributed by atoms with E-state index < -0.39 is 93.5 Å². The molecular formula is C36H46O12. The number of esters is 4. The monoisotopic (exact) mass is 670 g/mol. The molecule has 4 fully saturated rings. The first-order chi connectivity index (χ1) is 22.4. The van der Waals surface area contributed by atoms with Gasteiger partial charge < -0.3 is 38.7 Å². The second-order valence-electron chi connectivity index (χ2n) is 15.4. The number of hydrogen-bond acceptors (Lipinski definition) is 12. The largest absolute Gasteiger partial charge is 0.472 e. The number of aliphatic hydroxyl groups is 3. The third-order valence-corrected chi connectivity index (χ3v) is 12.8. The topological polar surface area (TPSA) is 179 Å². The zero-order valence-corrected chi connectivity index (χ0v) is 28.7. The summed E-state index contributed by atoms with van der Waals surface area (Å²) in [6.07, 6.45) is -0.893. The Morgan fingerprint density at radius 2 is 1.83 bits per heavy atom. The van der Waals surface area contributed by atoms with E-state index in [0.717, 1.165) is 0 Å². The van der Waals surface area contributed by atoms with Crippen molar-refractivity contribution in [3.8, 4) is 0 Å². The minimum absolute atomic E-state index is 0.0875. The van der Waals surface area contributed by atoms with Gasteiger partial charge in [-0.15, -0.1) is 0 Å². The molecule has 6 rings (SSSR count). The van der Waals surface area contributed by atoms with Crippen molar-refractivity contribution < 1.29 is 57.9 Å². The van der Waals surface area contributed by atoms with Crippen LogP contribution < -0.4 is 0 Å². The highest BCUT2D eigenvalue weighted by atomic mass is 16.6. The van der Waals surface area contributed by atoms with Gasteiger partial charge in [-0.1, -0.05) is 40.7 Å². The van der Waals surface area contributed by atoms with Gasteiger partial charge in [0.15, 0.2) is 17.8 Å². The lowest BCUT2D eigenvalue weighted by Gasteiger charge is -2.68. The molecule has 1 saturated heterocycles. The van der Waals surface area contributed by atoms with Crippen LogP contribution in [0.25, 0.3) is 0 Å². The number of fused-ring (bicyclic) bond motifs is 4. The van der Waals surface area contributed by atoms with Crippen LogP contribution in [0.2, 0.25) is 0 Å². The van der Waals surface area contributed by atoms with Crippen molar-refractivity contribution in [2.24, 2.45) is 34.0 Å². The molecule has 5 aliphatic rings. The molecule has 4 aliphatic carbocycles. The van der Waals surface area contributed by atoms with E-state index in [4.69, 9.17) is 23.4 Å². The first kappa shape index (κ1) is 34.4. The minimum atomic E-state index is -2.46. The van der Waals surface area contributed by atoms with Crippen molar-refractivity contribution in [3.63, 3.8) is 0 Å². The van der Waals surface area contributed by atoms with Crippen LogP contribution in [0, 0.1) is 34.0 Å². The predicted octanol–water partition coefficient (Wildman–Crippen LogP) is 3.48. The average molecular weight is 671 g/mol. The fraction of sp³-hybridized carbons (Fsp3) is 0.667. The van der Waals surface area contributed by atoms with Crippen LogP contribution in [0.1, 0.15) is 85.8 Å². The lowest BCUT2D eigenvalue weighted by atomic mass is 9.40. The molecule has 12 nitrogen and oxygen atoms in total. The fourth-order valence-corrected chi connectivity index (χ4v) is 10.4. The first-order valence-electron chi connectivity index (χ1n) is 16.6. The van der Waals surface area contributed by atoms with E-state index in [-0.39, 0.29) is 29.6 Å². The van der Waals surface area contributed by atoms with Gasteiger partial charge in [-0.3, -0.25) is 9.59 Å². The van der Waals surface area contributed by atoms with Gasteiger partial charge in [-0.25, -0.2) is 9.59 Å². The Labute approximate surface area is 279 Å². The van der Waals surface area contributed by atoms with Gasteiger partial charge in [0.2, 0.25) is 0 Å². The van der Waals surface area contributed by atoms with Gasteiger partial charge in [0.1, 0.15) is 17.8 Å². The van der Waals surface area contributed by atoms with Gasteiger partial charge in [0.05, 0.1) is 25.6 Å². The summed E-state index contributed by atoms with van der Waals surface area (Å²) < 4.78 is 28.6. The summed E-state index contributed by atoms with van der Waals surface area (Å²) in [6, 6.07) is 1.67. The number of methoxy groups -OCH3 is 1. The summed E-state index contributed by atoms with van der Waals surface area (Å²) in [6.45, 7) is 11.9. The minimum Gasteiger partial charge on any atom is -0.472 e. The van der Waals surface area contributed by atoms with Crippen LogP contribution in [0.3, 0.4) is 0 Å². The van der Waals surface area contributed by atoms with Crippen molar-refractivity contribution in [2.75, 3.05) is 7.11 Å². The summed E-state index contributed by atoms with van der Waals surface area (Å²) in [7, 11) is 1.26. The van der Waals surface area contributed by atoms with Crippen molar-refractivity contribution in [2.45, 2.75) is 110 Å². The molecule has 0 unspecified atom stereocenters. The van der Waals surface area contributed by atoms with E-state index in [1.807, 2.05) is 6.92 Å². The molecule has 1 aliphatic heterocycles. The maximum atomic E-state index is 13.6. The number of allylic oxidation sites excluding steroid dienone is 1. The third kappa shape index (κ3) is 4.11. The Morgan fingerprint density at radius 1 is 1.15 bits per heavy atom. The number of carbonyl (C=O) groups excluding carboxylic acids is 4. The quantitative estimate of drug-likeness (QED) is 0.167. The van der Waals surface area contributed by atoms with Crippen molar-refractivity contribution in [3.05, 3.63) is 47.0 Å². The first-order valence-corrected chi connectivity index (χ1v) is 16.6. The maximum absolute atomic E-state index is 13.6. The molecule has 0 amide bonds. The van der Waals surface area contributed by atoms with Crippen LogP contribution in [0.4, 0.5) is 0 Å². The van der Waals surface area contributed by atoms with E-state index >= 15 is 0 Å². The molecular weight excluding hydrogens is 624 g/mol. The molecule has 48 heavy (non-hydrogen) atoms. The third-order valence-electron chi connectivity index (χ3n) is 12.8. The SMILES string of the molecule is C/C=C(\C)C(=O)O[C@H]1[C@@]2(C)C[C@@]3(O)[C@](C)([C@H]4CC[C@]5(C)C(=C4[C@H](OC(=O)C(C)C)[C@@]13O)[C@@H](O)C(=O)O[C@H]5c1ccoc1)[C@H]2CC(=O)OC. The van der Waals surface area contributed by atoms with E-state index in [0.29, 0.717) is 18.4 Å². The normalized spacial score (nSPS) is 43.0. The molecule has 0 aromatic carbocycles. The van der Waals surface area contributed by atoms with Crippen LogP contribution >= 0.6 is 0 Å². The molecule has 2 heterocycles. The molecule has 3 N–H and O–H groups in total. The number of hydrogen-bond donors (Lipinski definition) is 3. The average Bonchev–Trinajstić information content (AvgIpc) is 3.68. The summed E-state index contributed by atoms with van der Waals surface area (Å²) in [5.74, 6) is -5.01. The Hall–Kier alpha value is -3.48. The number of cyclic esters (lactones) is 1. The Morgan fingerprint density at radius 3 is 2.42 bits per heavy atom. The molecule has 2 bridgehead atoms. The number of carbonyl (C=O) groups is 4. The van der Waals surface area contributed by atoms with Gasteiger partial charge in [0.25, 0.3) is 0 Å². The lowest BCUT2D eigenvalue weighted by Crippen LogP contribution is -2.80. The van der Waals surface area contributed by atoms with Gasteiger partial charge in [-0.2, -0.15) is 0 Å². The summed E-state index contributed by atoms with van der Waals surface area (Å²) >= 11 is 0. The summed E-state index contributed by atoms with van der Waals surface area (Å²) in [5, 5.41) is 38.1. The Kier molecular flexibility index (Phi) is 7.89. The number of ether oxygens (including phenoxy) is 4. The van der Waals surface area contributed by atoms with Crippen LogP contribution in [-0.2, 0) is 38.1 Å². The Bertz CT molecular complexity index is 1610. The molecule has 262 valence electrons. The maximum Gasteiger partial charge on any atom is 0.339 e. The van der Waals surface area contributed by atoms with Crippen molar-refractivity contribution >= 4 is 23.9 Å². The zero-order valence-electron chi connectivity index (χ0n) is 28.7. The number of furan rings is 1. The van der Waals surface area contributed by atoms with Crippen molar-refractivity contribution in [1.82, 2.24) is 0 Å². The zero-order chi connectivity index (χ0) is 35.4. The van der Waals surface area contributed by atoms with Crippen LogP contribution in [-0.4, -0.2) is 75.8 Å².